The van der Waals surface area contributed by atoms with Crippen LogP contribution in [0.1, 0.15) is 401 Å². The average Bonchev–Trinajstić information content (AvgIpc) is 1.27. The Labute approximate surface area is 588 Å². The molecule has 5 atom stereocenters. The standard InChI is InChI=1S/C77H150O17P2/c1-7-9-11-13-15-17-19-21-23-25-26-27-29-31-33-35-37-41-49-55-61-76(81)93-72(65-87-74(79)59-53-47-40-36-34-32-30-28-24-22-20-18-16-14-12-10-8-2)67-91-95(83,84)89-63-71(78)64-90-96(85,86)92-68-73(66-88-75(80)60-54-48-44-43-46-52-58-70(5)6)94-77(82)62-56-50-42-38-39-45-51-57-69(3)4/h69-73,78H,7-68H2,1-6H3,(H,83,84)(H,85,86)/t71-,72-,73-/m1/s1. The molecule has 0 fully saturated rings. The lowest BCUT2D eigenvalue weighted by Gasteiger charge is -2.21. The van der Waals surface area contributed by atoms with Gasteiger partial charge in [-0.15, -0.1) is 0 Å². The number of ether oxygens (including phenoxy) is 4. The smallest absolute Gasteiger partial charge is 0.462 e. The number of unbranched alkanes of at least 4 members (excludes halogenated alkanes) is 46. The summed E-state index contributed by atoms with van der Waals surface area (Å²) in [5, 5.41) is 10.6. The Balaban J connectivity index is 5.19. The number of esters is 4. The topological polar surface area (TPSA) is 237 Å². The molecule has 0 aromatic carbocycles. The Hall–Kier alpha value is -1.94. The summed E-state index contributed by atoms with van der Waals surface area (Å²) < 4.78 is 68.5. The first kappa shape index (κ1) is 94.1. The molecule has 0 radical (unpaired) electrons. The number of hydrogen-bond acceptors (Lipinski definition) is 15. The van der Waals surface area contributed by atoms with Crippen LogP contribution in [-0.2, 0) is 65.4 Å². The minimum atomic E-state index is -4.96. The van der Waals surface area contributed by atoms with Crippen molar-refractivity contribution in [3.05, 3.63) is 0 Å². The van der Waals surface area contributed by atoms with Gasteiger partial charge in [0.05, 0.1) is 26.4 Å². The van der Waals surface area contributed by atoms with E-state index in [4.69, 9.17) is 37.0 Å². The molecule has 0 aromatic heterocycles. The zero-order chi connectivity index (χ0) is 70.7. The van der Waals surface area contributed by atoms with Crippen LogP contribution in [-0.4, -0.2) is 96.7 Å². The molecule has 0 amide bonds. The third-order valence-electron chi connectivity index (χ3n) is 18.0. The third-order valence-corrected chi connectivity index (χ3v) is 19.9. The summed E-state index contributed by atoms with van der Waals surface area (Å²) in [6.07, 6.45) is 57.3. The molecule has 17 nitrogen and oxygen atoms in total. The van der Waals surface area contributed by atoms with Crippen molar-refractivity contribution in [3.63, 3.8) is 0 Å². The lowest BCUT2D eigenvalue weighted by Crippen LogP contribution is -2.30. The van der Waals surface area contributed by atoms with Gasteiger partial charge in [0.15, 0.2) is 12.2 Å². The van der Waals surface area contributed by atoms with Crippen molar-refractivity contribution in [3.8, 4) is 0 Å². The number of phosphoric acid groups is 2. The molecular formula is C77H150O17P2. The summed E-state index contributed by atoms with van der Waals surface area (Å²) in [5.74, 6) is -0.745. The van der Waals surface area contributed by atoms with Crippen LogP contribution in [0.15, 0.2) is 0 Å². The number of phosphoric ester groups is 2. The zero-order valence-corrected chi connectivity index (χ0v) is 64.5. The molecule has 0 spiro atoms. The van der Waals surface area contributed by atoms with Gasteiger partial charge in [-0.25, -0.2) is 9.13 Å². The molecule has 96 heavy (non-hydrogen) atoms. The van der Waals surface area contributed by atoms with Gasteiger partial charge in [0, 0.05) is 25.7 Å². The maximum Gasteiger partial charge on any atom is 0.472 e. The first-order valence-electron chi connectivity index (χ1n) is 40.0. The summed E-state index contributed by atoms with van der Waals surface area (Å²) in [7, 11) is -9.91. The number of carbonyl (C=O) groups is 4. The molecule has 0 saturated carbocycles. The highest BCUT2D eigenvalue weighted by atomic mass is 31.2. The van der Waals surface area contributed by atoms with Gasteiger partial charge in [0.25, 0.3) is 0 Å². The second kappa shape index (κ2) is 68.8. The number of carbonyl (C=O) groups excluding carboxylic acids is 4. The third kappa shape index (κ3) is 70.5. The van der Waals surface area contributed by atoms with Crippen molar-refractivity contribution in [1.29, 1.82) is 0 Å². The Morgan fingerprint density at radius 1 is 0.281 bits per heavy atom. The molecule has 0 aliphatic heterocycles. The molecule has 2 unspecified atom stereocenters. The van der Waals surface area contributed by atoms with Gasteiger partial charge < -0.3 is 33.8 Å². The lowest BCUT2D eigenvalue weighted by molar-refractivity contribution is -0.161. The molecule has 0 aromatic rings. The summed E-state index contributed by atoms with van der Waals surface area (Å²) in [6.45, 7) is 9.45. The molecule has 19 heteroatoms. The Morgan fingerprint density at radius 2 is 0.479 bits per heavy atom. The number of aliphatic hydroxyl groups is 1. The number of hydrogen-bond donors (Lipinski definition) is 3. The van der Waals surface area contributed by atoms with Gasteiger partial charge in [0.1, 0.15) is 19.3 Å². The fourth-order valence-corrected chi connectivity index (χ4v) is 13.4. The van der Waals surface area contributed by atoms with Gasteiger partial charge in [-0.05, 0) is 37.5 Å². The molecule has 0 saturated heterocycles. The van der Waals surface area contributed by atoms with Crippen molar-refractivity contribution in [2.45, 2.75) is 419 Å². The summed E-state index contributed by atoms with van der Waals surface area (Å²) >= 11 is 0. The zero-order valence-electron chi connectivity index (χ0n) is 62.7. The van der Waals surface area contributed by atoms with Crippen molar-refractivity contribution in [1.82, 2.24) is 0 Å². The SMILES string of the molecule is CCCCCCCCCCCCCCCCCCCCCCC(=O)O[C@H](COC(=O)CCCCCCCCCCCCCCCCCCC)COP(=O)(O)OC[C@@H](O)COP(=O)(O)OC[C@@H](COC(=O)CCCCCCCCC(C)C)OC(=O)CCCCCCCCCC(C)C. The Bertz CT molecular complexity index is 1860. The quantitative estimate of drug-likeness (QED) is 0.0222. The summed E-state index contributed by atoms with van der Waals surface area (Å²) in [5.41, 5.74) is 0. The lowest BCUT2D eigenvalue weighted by atomic mass is 10.0. The molecule has 0 aliphatic carbocycles. The van der Waals surface area contributed by atoms with E-state index in [1.54, 1.807) is 0 Å². The minimum Gasteiger partial charge on any atom is -0.462 e. The van der Waals surface area contributed by atoms with Crippen LogP contribution < -0.4 is 0 Å². The van der Waals surface area contributed by atoms with Crippen LogP contribution in [0.5, 0.6) is 0 Å². The highest BCUT2D eigenvalue weighted by molar-refractivity contribution is 7.47. The first-order valence-corrected chi connectivity index (χ1v) is 43.0. The summed E-state index contributed by atoms with van der Waals surface area (Å²) in [6, 6.07) is 0. The van der Waals surface area contributed by atoms with Gasteiger partial charge in [-0.3, -0.25) is 37.3 Å². The van der Waals surface area contributed by atoms with Crippen LogP contribution in [0.4, 0.5) is 0 Å². The van der Waals surface area contributed by atoms with E-state index in [1.165, 1.54) is 212 Å². The van der Waals surface area contributed by atoms with E-state index < -0.39 is 97.5 Å². The molecule has 3 N–H and O–H groups in total. The predicted molar refractivity (Wildman–Crippen MR) is 391 cm³/mol. The molecule has 0 rings (SSSR count). The van der Waals surface area contributed by atoms with Crippen molar-refractivity contribution in [2.24, 2.45) is 11.8 Å². The van der Waals surface area contributed by atoms with E-state index >= 15 is 0 Å². The van der Waals surface area contributed by atoms with Crippen LogP contribution in [0.25, 0.3) is 0 Å². The van der Waals surface area contributed by atoms with E-state index in [0.29, 0.717) is 37.5 Å². The second-order valence-corrected chi connectivity index (χ2v) is 31.6. The van der Waals surface area contributed by atoms with Crippen LogP contribution >= 0.6 is 15.6 Å². The molecule has 570 valence electrons. The average molecular weight is 1410 g/mol. The summed E-state index contributed by atoms with van der Waals surface area (Å²) in [4.78, 5) is 72.7. The van der Waals surface area contributed by atoms with Crippen molar-refractivity contribution >= 4 is 39.5 Å². The van der Waals surface area contributed by atoms with E-state index in [1.807, 2.05) is 0 Å². The van der Waals surface area contributed by atoms with Crippen LogP contribution in [0, 0.1) is 11.8 Å². The van der Waals surface area contributed by atoms with Crippen LogP contribution in [0.2, 0.25) is 0 Å². The highest BCUT2D eigenvalue weighted by Crippen LogP contribution is 2.45. The number of rotatable bonds is 76. The van der Waals surface area contributed by atoms with Gasteiger partial charge in [-0.2, -0.15) is 0 Å². The monoisotopic (exact) mass is 1410 g/mol. The van der Waals surface area contributed by atoms with E-state index in [-0.39, 0.29) is 25.7 Å². The number of aliphatic hydroxyl groups excluding tert-OH is 1. The largest absolute Gasteiger partial charge is 0.472 e. The van der Waals surface area contributed by atoms with Crippen LogP contribution in [0.3, 0.4) is 0 Å². The van der Waals surface area contributed by atoms with E-state index in [2.05, 4.69) is 41.5 Å². The first-order chi connectivity index (χ1) is 46.4. The van der Waals surface area contributed by atoms with E-state index in [0.717, 1.165) is 96.3 Å². The Morgan fingerprint density at radius 3 is 0.708 bits per heavy atom. The van der Waals surface area contributed by atoms with Crippen molar-refractivity contribution in [2.75, 3.05) is 39.6 Å². The van der Waals surface area contributed by atoms with Gasteiger partial charge in [-0.1, -0.05) is 350 Å². The van der Waals surface area contributed by atoms with Gasteiger partial charge >= 0.3 is 39.5 Å². The fraction of sp³-hybridized carbons (Fsp3) is 0.948. The normalized spacial score (nSPS) is 14.0. The highest BCUT2D eigenvalue weighted by Gasteiger charge is 2.30. The van der Waals surface area contributed by atoms with E-state index in [9.17, 15) is 43.2 Å². The predicted octanol–water partition coefficient (Wildman–Crippen LogP) is 22.7. The maximum atomic E-state index is 13.1. The minimum absolute atomic E-state index is 0.103. The van der Waals surface area contributed by atoms with Crippen molar-refractivity contribution < 1.29 is 80.2 Å². The molecular weight excluding hydrogens is 1260 g/mol. The van der Waals surface area contributed by atoms with Gasteiger partial charge in [0.2, 0.25) is 0 Å². The maximum absolute atomic E-state index is 13.1. The fourth-order valence-electron chi connectivity index (χ4n) is 11.8. The Kier molecular flexibility index (Phi) is 67.4. The molecule has 0 heterocycles. The molecule has 0 bridgehead atoms. The second-order valence-electron chi connectivity index (χ2n) is 28.7. The molecule has 0 aliphatic rings.